The molecule has 0 aromatic carbocycles. The highest BCUT2D eigenvalue weighted by atomic mass is 32.1. The molecule has 0 unspecified atom stereocenters. The van der Waals surface area contributed by atoms with Crippen molar-refractivity contribution in [3.63, 3.8) is 0 Å². The number of fused-ring (bicyclic) bond motifs is 1. The van der Waals surface area contributed by atoms with Gasteiger partial charge in [0, 0.05) is 48.9 Å². The Labute approximate surface area is 160 Å². The van der Waals surface area contributed by atoms with Gasteiger partial charge in [-0.1, -0.05) is 13.8 Å². The number of thiophene rings is 1. The Bertz CT molecular complexity index is 1110. The highest BCUT2D eigenvalue weighted by Gasteiger charge is 2.14. The molecule has 0 atom stereocenters. The normalized spacial score (nSPS) is 11.4. The van der Waals surface area contributed by atoms with E-state index in [0.29, 0.717) is 17.3 Å². The lowest BCUT2D eigenvalue weighted by atomic mass is 10.1. The fourth-order valence-corrected chi connectivity index (χ4v) is 3.60. The van der Waals surface area contributed by atoms with E-state index in [9.17, 15) is 4.79 Å². The zero-order valence-corrected chi connectivity index (χ0v) is 16.2. The smallest absolute Gasteiger partial charge is 0.261 e. The molecule has 0 saturated carbocycles. The molecule has 27 heavy (non-hydrogen) atoms. The first-order valence-electron chi connectivity index (χ1n) is 8.71. The third-order valence-corrected chi connectivity index (χ3v) is 5.13. The lowest BCUT2D eigenvalue weighted by Gasteiger charge is -2.05. The lowest BCUT2D eigenvalue weighted by Crippen LogP contribution is -2.26. The van der Waals surface area contributed by atoms with Gasteiger partial charge in [0.15, 0.2) is 5.65 Å². The van der Waals surface area contributed by atoms with Crippen molar-refractivity contribution in [2.24, 2.45) is 13.0 Å². The highest BCUT2D eigenvalue weighted by molar-refractivity contribution is 7.12. The molecule has 1 amide bonds. The maximum Gasteiger partial charge on any atom is 0.261 e. The topological polar surface area (TPSA) is 77.1 Å². The summed E-state index contributed by atoms with van der Waals surface area (Å²) in [7, 11) is 1.88. The van der Waals surface area contributed by atoms with Crippen LogP contribution in [0.25, 0.3) is 27.9 Å². The molecule has 4 heterocycles. The number of rotatable bonds is 5. The van der Waals surface area contributed by atoms with Crippen LogP contribution in [0.4, 0.5) is 0 Å². The van der Waals surface area contributed by atoms with Crippen molar-refractivity contribution in [3.8, 4) is 22.3 Å². The number of hydrogen-bond acceptors (Lipinski definition) is 5. The molecule has 4 rings (SSSR count). The van der Waals surface area contributed by atoms with E-state index in [4.69, 9.17) is 0 Å². The molecule has 0 saturated heterocycles. The molecule has 4 aromatic rings. The average molecular weight is 380 g/mol. The van der Waals surface area contributed by atoms with Crippen LogP contribution in [0.5, 0.6) is 0 Å². The van der Waals surface area contributed by atoms with Gasteiger partial charge in [-0.25, -0.2) is 9.50 Å². The minimum Gasteiger partial charge on any atom is -0.351 e. The van der Waals surface area contributed by atoms with Gasteiger partial charge in [0.05, 0.1) is 17.3 Å². The van der Waals surface area contributed by atoms with Crippen molar-refractivity contribution < 1.29 is 4.79 Å². The zero-order valence-electron chi connectivity index (χ0n) is 15.4. The van der Waals surface area contributed by atoms with Crippen LogP contribution in [0, 0.1) is 5.92 Å². The number of nitrogens with one attached hydrogen (secondary N) is 1. The van der Waals surface area contributed by atoms with Crippen molar-refractivity contribution in [2.75, 3.05) is 6.54 Å². The van der Waals surface area contributed by atoms with Gasteiger partial charge in [0.25, 0.3) is 5.91 Å². The summed E-state index contributed by atoms with van der Waals surface area (Å²) in [5.41, 5.74) is 4.56. The van der Waals surface area contributed by atoms with Gasteiger partial charge in [-0.2, -0.15) is 10.2 Å². The third-order valence-electron chi connectivity index (χ3n) is 4.20. The Morgan fingerprint density at radius 2 is 1.96 bits per heavy atom. The van der Waals surface area contributed by atoms with Crippen LogP contribution in [0.15, 0.2) is 42.4 Å². The molecule has 0 fully saturated rings. The van der Waals surface area contributed by atoms with Crippen molar-refractivity contribution in [1.29, 1.82) is 0 Å². The minimum atomic E-state index is -0.0387. The molecular formula is C19H20N6OS. The van der Waals surface area contributed by atoms with Gasteiger partial charge in [-0.15, -0.1) is 11.3 Å². The summed E-state index contributed by atoms with van der Waals surface area (Å²) in [5, 5.41) is 13.5. The predicted molar refractivity (Wildman–Crippen MR) is 106 cm³/mol. The minimum absolute atomic E-state index is 0.0387. The van der Waals surface area contributed by atoms with E-state index < -0.39 is 0 Å². The fourth-order valence-electron chi connectivity index (χ4n) is 2.78. The van der Waals surface area contributed by atoms with Crippen LogP contribution in [0.3, 0.4) is 0 Å². The lowest BCUT2D eigenvalue weighted by molar-refractivity contribution is 0.0953. The van der Waals surface area contributed by atoms with E-state index >= 15 is 0 Å². The van der Waals surface area contributed by atoms with Crippen LogP contribution in [0.2, 0.25) is 0 Å². The highest BCUT2D eigenvalue weighted by Crippen LogP contribution is 2.29. The Hall–Kier alpha value is -3.00. The second-order valence-electron chi connectivity index (χ2n) is 6.88. The second-order valence-corrected chi connectivity index (χ2v) is 7.79. The quantitative estimate of drug-likeness (QED) is 0.577. The summed E-state index contributed by atoms with van der Waals surface area (Å²) in [5.74, 6) is 0.384. The van der Waals surface area contributed by atoms with E-state index in [0.717, 1.165) is 27.9 Å². The average Bonchev–Trinajstić information content (AvgIpc) is 3.37. The standard InChI is InChI=1S/C19H20N6OS/c1-12(2)5-21-19(26)17-4-13(11-27-17)16-8-23-25-10-14(6-20-18(16)25)15-7-22-24(3)9-15/h4,6-12H,5H2,1-3H3,(H,21,26). The van der Waals surface area contributed by atoms with Crippen LogP contribution in [-0.4, -0.2) is 36.8 Å². The number of aryl methyl sites for hydroxylation is 1. The van der Waals surface area contributed by atoms with Crippen LogP contribution in [-0.2, 0) is 7.05 Å². The summed E-state index contributed by atoms with van der Waals surface area (Å²) >= 11 is 1.43. The van der Waals surface area contributed by atoms with E-state index in [-0.39, 0.29) is 5.91 Å². The Kier molecular flexibility index (Phi) is 4.49. The summed E-state index contributed by atoms with van der Waals surface area (Å²) in [6, 6.07) is 1.90. The molecule has 7 nitrogen and oxygen atoms in total. The molecule has 4 aromatic heterocycles. The first-order chi connectivity index (χ1) is 13.0. The van der Waals surface area contributed by atoms with Gasteiger partial charge < -0.3 is 5.32 Å². The van der Waals surface area contributed by atoms with Crippen molar-refractivity contribution in [1.82, 2.24) is 29.7 Å². The third kappa shape index (κ3) is 3.48. The van der Waals surface area contributed by atoms with Gasteiger partial charge in [-0.05, 0) is 22.9 Å². The van der Waals surface area contributed by atoms with Crippen molar-refractivity contribution in [3.05, 3.63) is 47.3 Å². The Morgan fingerprint density at radius 1 is 1.15 bits per heavy atom. The van der Waals surface area contributed by atoms with Gasteiger partial charge >= 0.3 is 0 Å². The van der Waals surface area contributed by atoms with Gasteiger partial charge in [0.1, 0.15) is 0 Å². The molecular weight excluding hydrogens is 360 g/mol. The molecule has 0 bridgehead atoms. The van der Waals surface area contributed by atoms with Gasteiger partial charge in [0.2, 0.25) is 0 Å². The first-order valence-corrected chi connectivity index (χ1v) is 9.58. The number of hydrogen-bond donors (Lipinski definition) is 1. The summed E-state index contributed by atoms with van der Waals surface area (Å²) in [6.45, 7) is 4.82. The molecule has 0 aliphatic carbocycles. The van der Waals surface area contributed by atoms with Crippen molar-refractivity contribution >= 4 is 22.9 Å². The maximum absolute atomic E-state index is 12.3. The molecule has 0 aliphatic rings. The number of aromatic nitrogens is 5. The van der Waals surface area contributed by atoms with Crippen LogP contribution in [0.1, 0.15) is 23.5 Å². The number of carbonyl (C=O) groups excluding carboxylic acids is 1. The first kappa shape index (κ1) is 17.4. The fraction of sp³-hybridized carbons (Fsp3) is 0.263. The molecule has 1 N–H and O–H groups in total. The van der Waals surface area contributed by atoms with E-state index in [1.807, 2.05) is 37.1 Å². The Balaban J connectivity index is 1.62. The van der Waals surface area contributed by atoms with Crippen LogP contribution < -0.4 is 5.32 Å². The molecule has 8 heteroatoms. The SMILES string of the molecule is CC(C)CNC(=O)c1cc(-c2cnn3cc(-c4cnn(C)c4)cnc23)cs1. The largest absolute Gasteiger partial charge is 0.351 e. The maximum atomic E-state index is 12.3. The summed E-state index contributed by atoms with van der Waals surface area (Å²) in [4.78, 5) is 17.5. The molecule has 138 valence electrons. The van der Waals surface area contributed by atoms with E-state index in [1.54, 1.807) is 21.6 Å². The van der Waals surface area contributed by atoms with E-state index in [2.05, 4.69) is 34.3 Å². The number of nitrogens with zero attached hydrogens (tertiary/aromatic N) is 5. The van der Waals surface area contributed by atoms with Crippen LogP contribution >= 0.6 is 11.3 Å². The zero-order chi connectivity index (χ0) is 19.0. The summed E-state index contributed by atoms with van der Waals surface area (Å²) in [6.07, 6.45) is 9.28. The second kappa shape index (κ2) is 6.96. The molecule has 0 aliphatic heterocycles. The monoisotopic (exact) mass is 380 g/mol. The Morgan fingerprint density at radius 3 is 2.70 bits per heavy atom. The number of carbonyl (C=O) groups is 1. The summed E-state index contributed by atoms with van der Waals surface area (Å²) < 4.78 is 3.51. The van der Waals surface area contributed by atoms with E-state index in [1.165, 1.54) is 11.3 Å². The van der Waals surface area contributed by atoms with Gasteiger partial charge in [-0.3, -0.25) is 9.48 Å². The van der Waals surface area contributed by atoms with Crippen molar-refractivity contribution in [2.45, 2.75) is 13.8 Å². The molecule has 0 spiro atoms. The molecule has 0 radical (unpaired) electrons. The predicted octanol–water partition coefficient (Wildman–Crippen LogP) is 3.24. The number of amides is 1.